The van der Waals surface area contributed by atoms with Crippen molar-refractivity contribution in [3.8, 4) is 33.8 Å². The van der Waals surface area contributed by atoms with Crippen molar-refractivity contribution < 1.29 is 9.18 Å². The van der Waals surface area contributed by atoms with E-state index in [-0.39, 0.29) is 11.7 Å². The van der Waals surface area contributed by atoms with Crippen molar-refractivity contribution in [3.63, 3.8) is 0 Å². The molecule has 3 aromatic carbocycles. The first-order chi connectivity index (χ1) is 17.6. The summed E-state index contributed by atoms with van der Waals surface area (Å²) in [4.78, 5) is 24.2. The van der Waals surface area contributed by atoms with Crippen LogP contribution >= 0.6 is 0 Å². The Labute approximate surface area is 205 Å². The highest BCUT2D eigenvalue weighted by Crippen LogP contribution is 2.34. The van der Waals surface area contributed by atoms with Crippen LogP contribution < -0.4 is 5.32 Å². The molecule has 0 aliphatic carbocycles. The fourth-order valence-electron chi connectivity index (χ4n) is 4.33. The molecular formula is C28H21FN6O. The van der Waals surface area contributed by atoms with E-state index in [1.165, 1.54) is 6.07 Å². The molecule has 3 N–H and O–H groups in total. The molecule has 8 heteroatoms. The highest BCUT2D eigenvalue weighted by atomic mass is 19.1. The first-order valence-electron chi connectivity index (χ1n) is 11.6. The summed E-state index contributed by atoms with van der Waals surface area (Å²) in [5.41, 5.74) is 6.62. The predicted molar refractivity (Wildman–Crippen MR) is 139 cm³/mol. The zero-order valence-corrected chi connectivity index (χ0v) is 19.3. The van der Waals surface area contributed by atoms with Crippen molar-refractivity contribution in [2.45, 2.75) is 13.3 Å². The summed E-state index contributed by atoms with van der Waals surface area (Å²) < 4.78 is 14.5. The molecule has 176 valence electrons. The number of rotatable bonds is 5. The van der Waals surface area contributed by atoms with Gasteiger partial charge >= 0.3 is 0 Å². The van der Waals surface area contributed by atoms with E-state index in [2.05, 4.69) is 25.5 Å². The number of hydrogen-bond donors (Lipinski definition) is 3. The molecule has 0 aliphatic heterocycles. The van der Waals surface area contributed by atoms with Gasteiger partial charge in [-0.1, -0.05) is 43.3 Å². The number of carbonyl (C=O) groups excluding carboxylic acids is 1. The highest BCUT2D eigenvalue weighted by molar-refractivity contribution is 5.98. The summed E-state index contributed by atoms with van der Waals surface area (Å²) in [7, 11) is 0. The van der Waals surface area contributed by atoms with Crippen molar-refractivity contribution in [2.75, 3.05) is 5.32 Å². The molecule has 3 aromatic heterocycles. The summed E-state index contributed by atoms with van der Waals surface area (Å²) >= 11 is 0. The molecular weight excluding hydrogens is 455 g/mol. The Morgan fingerprint density at radius 3 is 2.67 bits per heavy atom. The van der Waals surface area contributed by atoms with Crippen LogP contribution in [0.15, 0.2) is 79.1 Å². The second-order valence-corrected chi connectivity index (χ2v) is 8.46. The van der Waals surface area contributed by atoms with Crippen LogP contribution in [0, 0.1) is 5.82 Å². The molecule has 0 atom stereocenters. The van der Waals surface area contributed by atoms with Gasteiger partial charge in [-0.3, -0.25) is 14.9 Å². The van der Waals surface area contributed by atoms with Gasteiger partial charge in [0.25, 0.3) is 0 Å². The third kappa shape index (κ3) is 3.78. The molecule has 0 bridgehead atoms. The first-order valence-corrected chi connectivity index (χ1v) is 11.6. The van der Waals surface area contributed by atoms with Gasteiger partial charge in [0.2, 0.25) is 5.91 Å². The summed E-state index contributed by atoms with van der Waals surface area (Å²) in [6.07, 6.45) is 3.77. The zero-order chi connectivity index (χ0) is 24.6. The Morgan fingerprint density at radius 2 is 1.81 bits per heavy atom. The van der Waals surface area contributed by atoms with Crippen molar-refractivity contribution in [2.24, 2.45) is 0 Å². The topological polar surface area (TPSA) is 99.3 Å². The molecule has 0 saturated carbocycles. The summed E-state index contributed by atoms with van der Waals surface area (Å²) in [6, 6.07) is 20.2. The second kappa shape index (κ2) is 8.74. The minimum Gasteiger partial charge on any atom is -0.337 e. The SMILES string of the molecule is CCC(=O)Nc1cncc(-c2ccc3[nH]nc(-c4nc5c(-c6ccccc6F)cccc5[nH]4)c3c2)c1. The fourth-order valence-corrected chi connectivity index (χ4v) is 4.33. The molecule has 36 heavy (non-hydrogen) atoms. The Morgan fingerprint density at radius 1 is 0.944 bits per heavy atom. The van der Waals surface area contributed by atoms with Crippen LogP contribution in [-0.4, -0.2) is 31.1 Å². The van der Waals surface area contributed by atoms with Crippen LogP contribution in [-0.2, 0) is 4.79 Å². The standard InChI is InChI=1S/C28H21FN6O/c1-2-25(36)31-18-12-17(14-30-15-18)16-10-11-23-21(13-16)27(35-34-23)28-32-24-9-5-7-20(26(24)33-28)19-6-3-4-8-22(19)29/h3-15H,2H2,1H3,(H,31,36)(H,32,33)(H,34,35). The molecule has 6 aromatic rings. The Kier molecular flexibility index (Phi) is 5.26. The van der Waals surface area contributed by atoms with Crippen LogP contribution in [0.1, 0.15) is 13.3 Å². The maximum atomic E-state index is 14.5. The average Bonchev–Trinajstić information content (AvgIpc) is 3.52. The number of carbonyl (C=O) groups is 1. The van der Waals surface area contributed by atoms with Crippen LogP contribution in [0.25, 0.3) is 55.7 Å². The van der Waals surface area contributed by atoms with Gasteiger partial charge < -0.3 is 10.3 Å². The molecule has 0 radical (unpaired) electrons. The number of halogens is 1. The van der Waals surface area contributed by atoms with Gasteiger partial charge in [0.1, 0.15) is 11.5 Å². The van der Waals surface area contributed by atoms with Crippen molar-refractivity contribution in [1.82, 2.24) is 25.1 Å². The molecule has 7 nitrogen and oxygen atoms in total. The van der Waals surface area contributed by atoms with Gasteiger partial charge in [0, 0.05) is 34.7 Å². The summed E-state index contributed by atoms with van der Waals surface area (Å²) in [5, 5.41) is 11.3. The van der Waals surface area contributed by atoms with Gasteiger partial charge in [-0.2, -0.15) is 5.10 Å². The monoisotopic (exact) mass is 476 g/mol. The van der Waals surface area contributed by atoms with E-state index in [0.29, 0.717) is 40.3 Å². The molecule has 0 saturated heterocycles. The quantitative estimate of drug-likeness (QED) is 0.271. The van der Waals surface area contributed by atoms with E-state index in [0.717, 1.165) is 27.5 Å². The number of pyridine rings is 1. The summed E-state index contributed by atoms with van der Waals surface area (Å²) in [6.45, 7) is 1.80. The number of fused-ring (bicyclic) bond motifs is 2. The number of anilines is 1. The number of benzene rings is 3. The number of imidazole rings is 1. The third-order valence-corrected chi connectivity index (χ3v) is 6.14. The van der Waals surface area contributed by atoms with Gasteiger partial charge in [-0.05, 0) is 35.9 Å². The lowest BCUT2D eigenvalue weighted by Crippen LogP contribution is -2.09. The lowest BCUT2D eigenvalue weighted by molar-refractivity contribution is -0.115. The van der Waals surface area contributed by atoms with Crippen LogP contribution in [0.4, 0.5) is 10.1 Å². The molecule has 0 aliphatic rings. The minimum atomic E-state index is -0.296. The van der Waals surface area contributed by atoms with Crippen molar-refractivity contribution >= 4 is 33.5 Å². The van der Waals surface area contributed by atoms with E-state index in [9.17, 15) is 9.18 Å². The number of aromatic amines is 2. The van der Waals surface area contributed by atoms with Gasteiger partial charge in [0.15, 0.2) is 5.82 Å². The number of aromatic nitrogens is 5. The number of amides is 1. The van der Waals surface area contributed by atoms with E-state index in [1.54, 1.807) is 31.5 Å². The Balaban J connectivity index is 1.44. The van der Waals surface area contributed by atoms with Gasteiger partial charge in [0.05, 0.1) is 28.4 Å². The lowest BCUT2D eigenvalue weighted by Gasteiger charge is -2.06. The average molecular weight is 477 g/mol. The maximum absolute atomic E-state index is 14.5. The second-order valence-electron chi connectivity index (χ2n) is 8.46. The van der Waals surface area contributed by atoms with E-state index >= 15 is 0 Å². The van der Waals surface area contributed by atoms with Crippen LogP contribution in [0.3, 0.4) is 0 Å². The lowest BCUT2D eigenvalue weighted by atomic mass is 10.0. The molecule has 3 heterocycles. The van der Waals surface area contributed by atoms with E-state index in [1.807, 2.05) is 48.5 Å². The number of nitrogens with zero attached hydrogens (tertiary/aromatic N) is 3. The summed E-state index contributed by atoms with van der Waals surface area (Å²) in [5.74, 6) is 0.218. The van der Waals surface area contributed by atoms with Gasteiger partial charge in [-0.25, -0.2) is 9.37 Å². The zero-order valence-electron chi connectivity index (χ0n) is 19.3. The Hall–Kier alpha value is -4.85. The highest BCUT2D eigenvalue weighted by Gasteiger charge is 2.17. The molecule has 0 spiro atoms. The molecule has 1 amide bonds. The molecule has 0 unspecified atom stereocenters. The van der Waals surface area contributed by atoms with Crippen LogP contribution in [0.2, 0.25) is 0 Å². The Bertz CT molecular complexity index is 1750. The van der Waals surface area contributed by atoms with Crippen LogP contribution in [0.5, 0.6) is 0 Å². The van der Waals surface area contributed by atoms with Gasteiger partial charge in [-0.15, -0.1) is 0 Å². The third-order valence-electron chi connectivity index (χ3n) is 6.14. The largest absolute Gasteiger partial charge is 0.337 e. The number of hydrogen-bond acceptors (Lipinski definition) is 4. The normalized spacial score (nSPS) is 11.3. The maximum Gasteiger partial charge on any atom is 0.224 e. The first kappa shape index (κ1) is 21.7. The van der Waals surface area contributed by atoms with Crippen molar-refractivity contribution in [1.29, 1.82) is 0 Å². The smallest absolute Gasteiger partial charge is 0.224 e. The number of para-hydroxylation sites is 1. The van der Waals surface area contributed by atoms with Crippen molar-refractivity contribution in [3.05, 3.63) is 84.9 Å². The fraction of sp³-hybridized carbons (Fsp3) is 0.0714. The van der Waals surface area contributed by atoms with E-state index in [4.69, 9.17) is 4.98 Å². The number of nitrogens with one attached hydrogen (secondary N) is 3. The number of H-pyrrole nitrogens is 2. The van der Waals surface area contributed by atoms with E-state index < -0.39 is 0 Å². The minimum absolute atomic E-state index is 0.0684. The predicted octanol–water partition coefficient (Wildman–Crippen LogP) is 6.32. The molecule has 6 rings (SSSR count). The molecule has 0 fully saturated rings.